The molecule has 3 nitrogen and oxygen atoms in total. The topological polar surface area (TPSA) is 41.1 Å². The first-order chi connectivity index (χ1) is 9.88. The summed E-state index contributed by atoms with van der Waals surface area (Å²) in [6.45, 7) is 6.68. The van der Waals surface area contributed by atoms with Gasteiger partial charge in [-0.3, -0.25) is 4.79 Å². The van der Waals surface area contributed by atoms with Crippen LogP contribution in [0, 0.1) is 5.92 Å². The average molecular weight is 288 g/mol. The molecule has 2 N–H and O–H groups in total. The van der Waals surface area contributed by atoms with E-state index in [9.17, 15) is 4.79 Å². The minimum absolute atomic E-state index is 0.192. The van der Waals surface area contributed by atoms with Crippen molar-refractivity contribution in [1.82, 2.24) is 5.32 Å². The molecule has 0 aliphatic heterocycles. The molecule has 3 heteroatoms. The molecule has 2 rings (SSSR count). The van der Waals surface area contributed by atoms with E-state index in [1.165, 1.54) is 5.56 Å². The molecule has 0 aromatic heterocycles. The van der Waals surface area contributed by atoms with Gasteiger partial charge >= 0.3 is 0 Å². The van der Waals surface area contributed by atoms with Gasteiger partial charge in [0.1, 0.15) is 5.78 Å². The van der Waals surface area contributed by atoms with Crippen molar-refractivity contribution in [3.8, 4) is 0 Å². The highest BCUT2D eigenvalue weighted by molar-refractivity contribution is 5.84. The van der Waals surface area contributed by atoms with Crippen LogP contribution in [0.3, 0.4) is 0 Å². The number of Topliss-reactive ketones (excluding diaryl/α,β-unsaturated/α-hetero) is 1. The van der Waals surface area contributed by atoms with Crippen LogP contribution in [0.15, 0.2) is 24.3 Å². The predicted octanol–water partition coefficient (Wildman–Crippen LogP) is 3.70. The second-order valence-corrected chi connectivity index (χ2v) is 7.20. The van der Waals surface area contributed by atoms with Crippen molar-refractivity contribution in [3.63, 3.8) is 0 Å². The zero-order chi connectivity index (χ0) is 15.5. The summed E-state index contributed by atoms with van der Waals surface area (Å²) in [4.78, 5) is 11.0. The lowest BCUT2D eigenvalue weighted by atomic mass is 9.80. The van der Waals surface area contributed by atoms with Gasteiger partial charge in [-0.25, -0.2) is 0 Å². The van der Waals surface area contributed by atoms with E-state index < -0.39 is 0 Å². The van der Waals surface area contributed by atoms with Gasteiger partial charge in [-0.15, -0.1) is 0 Å². The van der Waals surface area contributed by atoms with Crippen molar-refractivity contribution in [2.45, 2.75) is 58.0 Å². The van der Waals surface area contributed by atoms with Gasteiger partial charge in [0.2, 0.25) is 0 Å². The van der Waals surface area contributed by atoms with Gasteiger partial charge < -0.3 is 10.6 Å². The molecule has 1 saturated carbocycles. The molecule has 0 saturated heterocycles. The Kier molecular flexibility index (Phi) is 5.04. The summed E-state index contributed by atoms with van der Waals surface area (Å²) in [5.74, 6) is 1.03. The molecule has 116 valence electrons. The van der Waals surface area contributed by atoms with E-state index in [1.54, 1.807) is 0 Å². The lowest BCUT2D eigenvalue weighted by molar-refractivity contribution is -0.127. The number of nitrogens with one attached hydrogen (secondary N) is 2. The van der Waals surface area contributed by atoms with Gasteiger partial charge in [-0.05, 0) is 48.9 Å². The standard InChI is InChI=1S/C18H28N2O/c1-18(2,3)14-6-8-15(9-7-14)20-17(19-4)10-5-13-11-16(21)12-13/h6-9,13,17,19-20H,5,10-12H2,1-4H3. The first-order valence-corrected chi connectivity index (χ1v) is 7.94. The average Bonchev–Trinajstić information content (AvgIpc) is 2.40. The minimum Gasteiger partial charge on any atom is -0.370 e. The first kappa shape index (κ1) is 16.0. The second kappa shape index (κ2) is 6.61. The van der Waals surface area contributed by atoms with Gasteiger partial charge in [0.15, 0.2) is 0 Å². The molecular formula is C18H28N2O. The lowest BCUT2D eigenvalue weighted by Gasteiger charge is -2.27. The number of rotatable bonds is 6. The highest BCUT2D eigenvalue weighted by Gasteiger charge is 2.26. The third kappa shape index (κ3) is 4.57. The summed E-state index contributed by atoms with van der Waals surface area (Å²) < 4.78 is 0. The molecular weight excluding hydrogens is 260 g/mol. The third-order valence-corrected chi connectivity index (χ3v) is 4.34. The molecule has 1 aliphatic rings. The van der Waals surface area contributed by atoms with Crippen LogP contribution in [-0.2, 0) is 10.2 Å². The summed E-state index contributed by atoms with van der Waals surface area (Å²) in [7, 11) is 1.98. The maximum Gasteiger partial charge on any atom is 0.133 e. The van der Waals surface area contributed by atoms with Crippen molar-refractivity contribution >= 4 is 11.5 Å². The monoisotopic (exact) mass is 288 g/mol. The van der Waals surface area contributed by atoms with Crippen LogP contribution in [0.4, 0.5) is 5.69 Å². The predicted molar refractivity (Wildman–Crippen MR) is 88.6 cm³/mol. The van der Waals surface area contributed by atoms with E-state index in [0.717, 1.165) is 31.4 Å². The molecule has 0 heterocycles. The summed E-state index contributed by atoms with van der Waals surface area (Å²) in [5.41, 5.74) is 2.69. The summed E-state index contributed by atoms with van der Waals surface area (Å²) in [6.07, 6.45) is 4.01. The van der Waals surface area contributed by atoms with E-state index >= 15 is 0 Å². The quantitative estimate of drug-likeness (QED) is 0.784. The van der Waals surface area contributed by atoms with E-state index in [4.69, 9.17) is 0 Å². The number of carbonyl (C=O) groups is 1. The Morgan fingerprint density at radius 3 is 2.29 bits per heavy atom. The second-order valence-electron chi connectivity index (χ2n) is 7.20. The molecule has 0 amide bonds. The zero-order valence-corrected chi connectivity index (χ0v) is 13.7. The van der Waals surface area contributed by atoms with Crippen molar-refractivity contribution in [3.05, 3.63) is 29.8 Å². The van der Waals surface area contributed by atoms with Crippen molar-refractivity contribution in [2.75, 3.05) is 12.4 Å². The van der Waals surface area contributed by atoms with Gasteiger partial charge in [-0.1, -0.05) is 32.9 Å². The molecule has 1 aliphatic carbocycles. The van der Waals surface area contributed by atoms with Crippen LogP contribution in [0.5, 0.6) is 0 Å². The minimum atomic E-state index is 0.192. The van der Waals surface area contributed by atoms with Crippen LogP contribution in [0.1, 0.15) is 52.0 Å². The first-order valence-electron chi connectivity index (χ1n) is 7.94. The van der Waals surface area contributed by atoms with Gasteiger partial charge in [0, 0.05) is 18.5 Å². The Bertz CT molecular complexity index is 465. The Balaban J connectivity index is 1.84. The highest BCUT2D eigenvalue weighted by atomic mass is 16.1. The number of benzene rings is 1. The number of carbonyl (C=O) groups excluding carboxylic acids is 1. The Morgan fingerprint density at radius 1 is 1.19 bits per heavy atom. The number of hydrogen-bond acceptors (Lipinski definition) is 3. The molecule has 21 heavy (non-hydrogen) atoms. The molecule has 1 unspecified atom stereocenters. The zero-order valence-electron chi connectivity index (χ0n) is 13.7. The van der Waals surface area contributed by atoms with Gasteiger partial charge in [0.05, 0.1) is 6.17 Å². The summed E-state index contributed by atoms with van der Waals surface area (Å²) in [6, 6.07) is 8.69. The smallest absolute Gasteiger partial charge is 0.133 e. The molecule has 0 spiro atoms. The maximum absolute atomic E-state index is 11.0. The van der Waals surface area contributed by atoms with Gasteiger partial charge in [0.25, 0.3) is 0 Å². The fraction of sp³-hybridized carbons (Fsp3) is 0.611. The highest BCUT2D eigenvalue weighted by Crippen LogP contribution is 2.28. The largest absolute Gasteiger partial charge is 0.370 e. The summed E-state index contributed by atoms with van der Waals surface area (Å²) >= 11 is 0. The van der Waals surface area contributed by atoms with Gasteiger partial charge in [-0.2, -0.15) is 0 Å². The van der Waals surface area contributed by atoms with Crippen LogP contribution < -0.4 is 10.6 Å². The number of ketones is 1. The number of hydrogen-bond donors (Lipinski definition) is 2. The maximum atomic E-state index is 11.0. The third-order valence-electron chi connectivity index (χ3n) is 4.34. The Labute approximate surface area is 128 Å². The SMILES string of the molecule is CNC(CCC1CC(=O)C1)Nc1ccc(C(C)(C)C)cc1. The molecule has 1 aromatic rings. The Morgan fingerprint density at radius 2 is 1.81 bits per heavy atom. The van der Waals surface area contributed by atoms with E-state index in [1.807, 2.05) is 7.05 Å². The Hall–Kier alpha value is -1.35. The lowest BCUT2D eigenvalue weighted by Crippen LogP contribution is -2.35. The molecule has 0 radical (unpaired) electrons. The number of anilines is 1. The van der Waals surface area contributed by atoms with Crippen LogP contribution in [-0.4, -0.2) is 19.0 Å². The van der Waals surface area contributed by atoms with Crippen molar-refractivity contribution in [1.29, 1.82) is 0 Å². The fourth-order valence-corrected chi connectivity index (χ4v) is 2.75. The van der Waals surface area contributed by atoms with Crippen LogP contribution in [0.2, 0.25) is 0 Å². The van der Waals surface area contributed by atoms with E-state index in [0.29, 0.717) is 11.7 Å². The summed E-state index contributed by atoms with van der Waals surface area (Å²) in [5, 5.41) is 6.84. The van der Waals surface area contributed by atoms with E-state index in [-0.39, 0.29) is 11.6 Å². The normalized spacial score (nSPS) is 17.4. The fourth-order valence-electron chi connectivity index (χ4n) is 2.75. The van der Waals surface area contributed by atoms with E-state index in [2.05, 4.69) is 55.7 Å². The molecule has 1 aromatic carbocycles. The van der Waals surface area contributed by atoms with Crippen molar-refractivity contribution < 1.29 is 4.79 Å². The molecule has 1 fully saturated rings. The van der Waals surface area contributed by atoms with Crippen LogP contribution in [0.25, 0.3) is 0 Å². The van der Waals surface area contributed by atoms with Crippen LogP contribution >= 0.6 is 0 Å². The van der Waals surface area contributed by atoms with Crippen molar-refractivity contribution in [2.24, 2.45) is 5.92 Å². The molecule has 1 atom stereocenters. The molecule has 0 bridgehead atoms.